The van der Waals surface area contributed by atoms with Crippen LogP contribution in [0.5, 0.6) is 11.6 Å². The minimum atomic E-state index is -0.362. The average molecular weight is 363 g/mol. The number of nitrogens with zero attached hydrogens (tertiary/aromatic N) is 1. The van der Waals surface area contributed by atoms with E-state index in [4.69, 9.17) is 20.2 Å². The van der Waals surface area contributed by atoms with Gasteiger partial charge >= 0.3 is 0 Å². The molecule has 1 aliphatic rings. The van der Waals surface area contributed by atoms with Gasteiger partial charge in [-0.05, 0) is 29.7 Å². The van der Waals surface area contributed by atoms with Crippen molar-refractivity contribution in [2.45, 2.75) is 18.6 Å². The Bertz CT molecular complexity index is 975. The number of pyridine rings is 1. The van der Waals surface area contributed by atoms with Crippen LogP contribution in [0.4, 0.5) is 0 Å². The maximum atomic E-state index is 11.4. The summed E-state index contributed by atoms with van der Waals surface area (Å²) in [7, 11) is 1.64. The van der Waals surface area contributed by atoms with Crippen LogP contribution in [-0.4, -0.2) is 36.7 Å². The first kappa shape index (κ1) is 17.3. The smallest absolute Gasteiger partial charge is 0.234 e. The fraction of sp³-hybridized carbons (Fsp3) is 0.238. The fourth-order valence-electron chi connectivity index (χ4n) is 3.35. The largest absolute Gasteiger partial charge is 0.497 e. The number of hydrogen-bond acceptors (Lipinski definition) is 5. The van der Waals surface area contributed by atoms with Gasteiger partial charge in [-0.25, -0.2) is 4.98 Å². The molecule has 1 aliphatic heterocycles. The number of nitrogens with two attached hydrogens (primary N) is 1. The molecule has 3 aromatic rings. The number of aromatic nitrogens is 1. The number of fused-ring (bicyclic) bond motifs is 1. The standard InChI is InChI=1S/C21H21N3O3/c1-26-15-7-8-17-14(9-15)10-18(13-5-3-2-4-6-13)24-21(17)27-16-11-19(20(22)25)23-12-16/h2-10,16,19,23H,11-12H2,1H3,(H2,22,25). The third-order valence-corrected chi connectivity index (χ3v) is 4.79. The third kappa shape index (κ3) is 3.57. The molecule has 0 bridgehead atoms. The van der Waals surface area contributed by atoms with Crippen LogP contribution in [0.15, 0.2) is 54.6 Å². The van der Waals surface area contributed by atoms with Gasteiger partial charge in [-0.15, -0.1) is 0 Å². The van der Waals surface area contributed by atoms with Crippen LogP contribution in [0.2, 0.25) is 0 Å². The van der Waals surface area contributed by atoms with Crippen molar-refractivity contribution in [2.75, 3.05) is 13.7 Å². The van der Waals surface area contributed by atoms with Crippen molar-refractivity contribution in [1.29, 1.82) is 0 Å². The van der Waals surface area contributed by atoms with Crippen molar-refractivity contribution in [3.8, 4) is 22.9 Å². The van der Waals surface area contributed by atoms with Gasteiger partial charge in [0.1, 0.15) is 11.9 Å². The van der Waals surface area contributed by atoms with Crippen molar-refractivity contribution in [1.82, 2.24) is 10.3 Å². The zero-order chi connectivity index (χ0) is 18.8. The molecule has 138 valence electrons. The highest BCUT2D eigenvalue weighted by Gasteiger charge is 2.30. The number of benzene rings is 2. The van der Waals surface area contributed by atoms with Crippen molar-refractivity contribution < 1.29 is 14.3 Å². The monoisotopic (exact) mass is 363 g/mol. The number of nitrogens with one attached hydrogen (secondary N) is 1. The Kier molecular flexibility index (Phi) is 4.64. The predicted molar refractivity (Wildman–Crippen MR) is 104 cm³/mol. The van der Waals surface area contributed by atoms with Gasteiger partial charge in [0.15, 0.2) is 0 Å². The molecule has 2 atom stereocenters. The molecule has 0 aliphatic carbocycles. The van der Waals surface area contributed by atoms with Gasteiger partial charge < -0.3 is 20.5 Å². The quantitative estimate of drug-likeness (QED) is 0.727. The molecule has 27 heavy (non-hydrogen) atoms. The topological polar surface area (TPSA) is 86.5 Å². The Hall–Kier alpha value is -3.12. The number of amides is 1. The van der Waals surface area contributed by atoms with Gasteiger partial charge in [0, 0.05) is 23.9 Å². The van der Waals surface area contributed by atoms with E-state index in [1.807, 2.05) is 54.6 Å². The van der Waals surface area contributed by atoms with Crippen molar-refractivity contribution in [3.63, 3.8) is 0 Å². The van der Waals surface area contributed by atoms with E-state index in [0.29, 0.717) is 18.8 Å². The summed E-state index contributed by atoms with van der Waals surface area (Å²) in [6.45, 7) is 0.558. The second kappa shape index (κ2) is 7.25. The summed E-state index contributed by atoms with van der Waals surface area (Å²) in [5.74, 6) is 0.961. The zero-order valence-electron chi connectivity index (χ0n) is 15.0. The van der Waals surface area contributed by atoms with E-state index in [0.717, 1.165) is 27.8 Å². The van der Waals surface area contributed by atoms with Crippen LogP contribution in [0, 0.1) is 0 Å². The average Bonchev–Trinajstić information content (AvgIpc) is 3.17. The Morgan fingerprint density at radius 1 is 1.19 bits per heavy atom. The number of hydrogen-bond donors (Lipinski definition) is 2. The molecule has 1 saturated heterocycles. The normalized spacial score (nSPS) is 19.1. The predicted octanol–water partition coefficient (Wildman–Crippen LogP) is 2.50. The highest BCUT2D eigenvalue weighted by Crippen LogP contribution is 2.32. The van der Waals surface area contributed by atoms with Crippen LogP contribution >= 0.6 is 0 Å². The highest BCUT2D eigenvalue weighted by molar-refractivity contribution is 5.91. The first-order chi connectivity index (χ1) is 13.1. The van der Waals surface area contributed by atoms with Gasteiger partial charge in [-0.1, -0.05) is 30.3 Å². The molecule has 1 fully saturated rings. The number of methoxy groups -OCH3 is 1. The molecular weight excluding hydrogens is 342 g/mol. The summed E-state index contributed by atoms with van der Waals surface area (Å²) < 4.78 is 11.5. The highest BCUT2D eigenvalue weighted by atomic mass is 16.5. The van der Waals surface area contributed by atoms with Gasteiger partial charge in [0.2, 0.25) is 11.8 Å². The van der Waals surface area contributed by atoms with Gasteiger partial charge in [-0.2, -0.15) is 0 Å². The second-order valence-electron chi connectivity index (χ2n) is 6.60. The van der Waals surface area contributed by atoms with E-state index in [-0.39, 0.29) is 18.1 Å². The molecule has 0 saturated carbocycles. The zero-order valence-corrected chi connectivity index (χ0v) is 15.0. The summed E-state index contributed by atoms with van der Waals surface area (Å²) in [6.07, 6.45) is 0.371. The van der Waals surface area contributed by atoms with E-state index in [2.05, 4.69) is 5.32 Å². The lowest BCUT2D eigenvalue weighted by Crippen LogP contribution is -2.36. The summed E-state index contributed by atoms with van der Waals surface area (Å²) in [5.41, 5.74) is 7.22. The first-order valence-electron chi connectivity index (χ1n) is 8.87. The van der Waals surface area contributed by atoms with E-state index >= 15 is 0 Å². The van der Waals surface area contributed by atoms with Gasteiger partial charge in [0.25, 0.3) is 0 Å². The second-order valence-corrected chi connectivity index (χ2v) is 6.60. The number of carbonyl (C=O) groups is 1. The van der Waals surface area contributed by atoms with E-state index < -0.39 is 0 Å². The van der Waals surface area contributed by atoms with Crippen molar-refractivity contribution in [2.24, 2.45) is 5.73 Å². The number of primary amides is 1. The van der Waals surface area contributed by atoms with Gasteiger partial charge in [-0.3, -0.25) is 4.79 Å². The summed E-state index contributed by atoms with van der Waals surface area (Å²) >= 11 is 0. The number of carbonyl (C=O) groups excluding carboxylic acids is 1. The Morgan fingerprint density at radius 2 is 2.00 bits per heavy atom. The Morgan fingerprint density at radius 3 is 2.70 bits per heavy atom. The number of rotatable bonds is 5. The SMILES string of the molecule is COc1ccc2c(OC3CNC(C(N)=O)C3)nc(-c3ccccc3)cc2c1. The van der Waals surface area contributed by atoms with Crippen molar-refractivity contribution in [3.05, 3.63) is 54.6 Å². The first-order valence-corrected chi connectivity index (χ1v) is 8.87. The fourth-order valence-corrected chi connectivity index (χ4v) is 3.35. The lowest BCUT2D eigenvalue weighted by Gasteiger charge is -2.16. The maximum Gasteiger partial charge on any atom is 0.234 e. The molecule has 2 heterocycles. The van der Waals surface area contributed by atoms with Crippen LogP contribution in [-0.2, 0) is 4.79 Å². The molecule has 0 radical (unpaired) electrons. The molecule has 0 spiro atoms. The Balaban J connectivity index is 1.74. The lowest BCUT2D eigenvalue weighted by atomic mass is 10.1. The van der Waals surface area contributed by atoms with Crippen LogP contribution in [0.25, 0.3) is 22.0 Å². The molecule has 2 unspecified atom stereocenters. The maximum absolute atomic E-state index is 11.4. The minimum Gasteiger partial charge on any atom is -0.497 e. The molecule has 1 amide bonds. The Labute approximate surface area is 157 Å². The molecule has 2 aromatic carbocycles. The van der Waals surface area contributed by atoms with Gasteiger partial charge in [0.05, 0.1) is 18.8 Å². The third-order valence-electron chi connectivity index (χ3n) is 4.79. The lowest BCUT2D eigenvalue weighted by molar-refractivity contribution is -0.119. The van der Waals surface area contributed by atoms with E-state index in [1.165, 1.54) is 0 Å². The number of ether oxygens (including phenoxy) is 2. The summed E-state index contributed by atoms with van der Waals surface area (Å²) in [5, 5.41) is 4.97. The summed E-state index contributed by atoms with van der Waals surface area (Å²) in [4.78, 5) is 16.1. The van der Waals surface area contributed by atoms with E-state index in [9.17, 15) is 4.79 Å². The molecule has 6 nitrogen and oxygen atoms in total. The van der Waals surface area contributed by atoms with Crippen molar-refractivity contribution >= 4 is 16.7 Å². The van der Waals surface area contributed by atoms with E-state index in [1.54, 1.807) is 7.11 Å². The molecule has 3 N–H and O–H groups in total. The van der Waals surface area contributed by atoms with Crippen LogP contribution < -0.4 is 20.5 Å². The molecule has 6 heteroatoms. The molecule has 4 rings (SSSR count). The summed E-state index contributed by atoms with van der Waals surface area (Å²) in [6, 6.07) is 17.4. The minimum absolute atomic E-state index is 0.161. The van der Waals surface area contributed by atoms with Crippen LogP contribution in [0.3, 0.4) is 0 Å². The molecular formula is C21H21N3O3. The van der Waals surface area contributed by atoms with Crippen LogP contribution in [0.1, 0.15) is 6.42 Å². The molecule has 1 aromatic heterocycles.